The molecule has 4 heteroatoms. The quantitative estimate of drug-likeness (QED) is 0.625. The Kier molecular flexibility index (Phi) is 2.12. The number of rotatable bonds is 2. The van der Waals surface area contributed by atoms with Gasteiger partial charge in [0.15, 0.2) is 0 Å². The number of alkyl halides is 2. The standard InChI is InChI=1S/C5H8F2O2/c1-3(4(8)9)5(2,6)7/h3H,1-2H3,(H,8,9). The van der Waals surface area contributed by atoms with Gasteiger partial charge >= 0.3 is 5.97 Å². The van der Waals surface area contributed by atoms with E-state index in [-0.39, 0.29) is 0 Å². The topological polar surface area (TPSA) is 37.3 Å². The van der Waals surface area contributed by atoms with E-state index >= 15 is 0 Å². The van der Waals surface area contributed by atoms with Crippen molar-refractivity contribution < 1.29 is 18.7 Å². The van der Waals surface area contributed by atoms with Crippen molar-refractivity contribution >= 4 is 5.97 Å². The van der Waals surface area contributed by atoms with Crippen molar-refractivity contribution in [1.82, 2.24) is 0 Å². The van der Waals surface area contributed by atoms with Crippen LogP contribution in [0.4, 0.5) is 8.78 Å². The van der Waals surface area contributed by atoms with Crippen LogP contribution < -0.4 is 0 Å². The predicted octanol–water partition coefficient (Wildman–Crippen LogP) is 1.36. The maximum absolute atomic E-state index is 12.0. The summed E-state index contributed by atoms with van der Waals surface area (Å²) in [6.07, 6.45) is 0. The lowest BCUT2D eigenvalue weighted by molar-refractivity contribution is -0.153. The minimum Gasteiger partial charge on any atom is -0.481 e. The fourth-order valence-electron chi connectivity index (χ4n) is 0.217. The zero-order chi connectivity index (χ0) is 7.65. The molecular formula is C5H8F2O2. The largest absolute Gasteiger partial charge is 0.481 e. The predicted molar refractivity (Wildman–Crippen MR) is 27.4 cm³/mol. The Bertz CT molecular complexity index is 117. The molecule has 0 fully saturated rings. The lowest BCUT2D eigenvalue weighted by Crippen LogP contribution is -2.28. The van der Waals surface area contributed by atoms with Gasteiger partial charge in [-0.15, -0.1) is 0 Å². The Labute approximate surface area is 51.5 Å². The van der Waals surface area contributed by atoms with Crippen LogP contribution in [0.1, 0.15) is 13.8 Å². The number of hydrogen-bond donors (Lipinski definition) is 1. The number of carbonyl (C=O) groups is 1. The Hall–Kier alpha value is -0.670. The van der Waals surface area contributed by atoms with E-state index < -0.39 is 17.8 Å². The molecule has 9 heavy (non-hydrogen) atoms. The maximum Gasteiger partial charge on any atom is 0.312 e. The molecule has 0 aromatic heterocycles. The third kappa shape index (κ3) is 2.39. The van der Waals surface area contributed by atoms with Crippen molar-refractivity contribution in [3.8, 4) is 0 Å². The van der Waals surface area contributed by atoms with Gasteiger partial charge in [0.05, 0.1) is 0 Å². The highest BCUT2D eigenvalue weighted by Crippen LogP contribution is 2.22. The molecule has 0 aliphatic heterocycles. The third-order valence-electron chi connectivity index (χ3n) is 1.13. The van der Waals surface area contributed by atoms with Crippen molar-refractivity contribution in [1.29, 1.82) is 0 Å². The van der Waals surface area contributed by atoms with Crippen molar-refractivity contribution in [2.24, 2.45) is 5.92 Å². The number of aliphatic carboxylic acids is 1. The number of carboxylic acid groups (broad SMARTS) is 1. The van der Waals surface area contributed by atoms with E-state index in [2.05, 4.69) is 0 Å². The molecule has 1 unspecified atom stereocenters. The summed E-state index contributed by atoms with van der Waals surface area (Å²) in [5.41, 5.74) is 0. The molecule has 0 aromatic carbocycles. The number of hydrogen-bond acceptors (Lipinski definition) is 1. The van der Waals surface area contributed by atoms with Gasteiger partial charge in [0.25, 0.3) is 5.92 Å². The van der Waals surface area contributed by atoms with Crippen LogP contribution in [0, 0.1) is 5.92 Å². The van der Waals surface area contributed by atoms with Crippen LogP contribution in [0.15, 0.2) is 0 Å². The molecule has 0 saturated heterocycles. The molecule has 2 nitrogen and oxygen atoms in total. The van der Waals surface area contributed by atoms with Crippen molar-refractivity contribution in [2.75, 3.05) is 0 Å². The first kappa shape index (κ1) is 8.33. The Morgan fingerprint density at radius 2 is 2.00 bits per heavy atom. The van der Waals surface area contributed by atoms with Gasteiger partial charge in [-0.3, -0.25) is 4.79 Å². The summed E-state index contributed by atoms with van der Waals surface area (Å²) in [5, 5.41) is 8.04. The molecular weight excluding hydrogens is 130 g/mol. The first-order chi connectivity index (χ1) is 3.85. The average molecular weight is 138 g/mol. The smallest absolute Gasteiger partial charge is 0.312 e. The molecule has 1 N–H and O–H groups in total. The highest BCUT2D eigenvalue weighted by atomic mass is 19.3. The fourth-order valence-corrected chi connectivity index (χ4v) is 0.217. The number of carboxylic acids is 1. The zero-order valence-corrected chi connectivity index (χ0v) is 5.19. The van der Waals surface area contributed by atoms with Gasteiger partial charge in [-0.05, 0) is 6.92 Å². The molecule has 0 spiro atoms. The zero-order valence-electron chi connectivity index (χ0n) is 5.19. The maximum atomic E-state index is 12.0. The van der Waals surface area contributed by atoms with Gasteiger partial charge in [0, 0.05) is 6.92 Å². The molecule has 0 aromatic rings. The first-order valence-electron chi connectivity index (χ1n) is 2.46. The Morgan fingerprint density at radius 1 is 1.67 bits per heavy atom. The van der Waals surface area contributed by atoms with E-state index in [0.717, 1.165) is 6.92 Å². The van der Waals surface area contributed by atoms with Gasteiger partial charge in [-0.2, -0.15) is 0 Å². The highest BCUT2D eigenvalue weighted by Gasteiger charge is 2.35. The van der Waals surface area contributed by atoms with Crippen LogP contribution in [0.2, 0.25) is 0 Å². The summed E-state index contributed by atoms with van der Waals surface area (Å²) in [6.45, 7) is 1.56. The lowest BCUT2D eigenvalue weighted by Gasteiger charge is -2.13. The second-order valence-corrected chi connectivity index (χ2v) is 2.02. The molecule has 0 aliphatic rings. The molecule has 0 rings (SSSR count). The average Bonchev–Trinajstić information content (AvgIpc) is 1.62. The molecule has 0 amide bonds. The summed E-state index contributed by atoms with van der Waals surface area (Å²) in [4.78, 5) is 9.87. The molecule has 0 bridgehead atoms. The van der Waals surface area contributed by atoms with Crippen molar-refractivity contribution in [3.05, 3.63) is 0 Å². The SMILES string of the molecule is CC(C(=O)O)C(C)(F)F. The van der Waals surface area contributed by atoms with Crippen LogP contribution >= 0.6 is 0 Å². The summed E-state index contributed by atoms with van der Waals surface area (Å²) in [6, 6.07) is 0. The summed E-state index contributed by atoms with van der Waals surface area (Å²) in [7, 11) is 0. The van der Waals surface area contributed by atoms with Crippen LogP contribution in [0.25, 0.3) is 0 Å². The van der Waals surface area contributed by atoms with Crippen molar-refractivity contribution in [3.63, 3.8) is 0 Å². The van der Waals surface area contributed by atoms with E-state index in [1.165, 1.54) is 0 Å². The van der Waals surface area contributed by atoms with E-state index in [9.17, 15) is 13.6 Å². The Morgan fingerprint density at radius 3 is 2.00 bits per heavy atom. The van der Waals surface area contributed by atoms with Gasteiger partial charge < -0.3 is 5.11 Å². The molecule has 54 valence electrons. The molecule has 0 radical (unpaired) electrons. The second-order valence-electron chi connectivity index (χ2n) is 2.02. The lowest BCUT2D eigenvalue weighted by atomic mass is 10.1. The fraction of sp³-hybridized carbons (Fsp3) is 0.800. The van der Waals surface area contributed by atoms with Crippen LogP contribution in [0.5, 0.6) is 0 Å². The normalized spacial score (nSPS) is 15.1. The van der Waals surface area contributed by atoms with Crippen LogP contribution in [-0.4, -0.2) is 17.0 Å². The number of halogens is 2. The van der Waals surface area contributed by atoms with Crippen molar-refractivity contribution in [2.45, 2.75) is 19.8 Å². The molecule has 0 saturated carbocycles. The van der Waals surface area contributed by atoms with Gasteiger partial charge in [-0.1, -0.05) is 0 Å². The summed E-state index contributed by atoms with van der Waals surface area (Å²) in [5.74, 6) is -6.19. The Balaban J connectivity index is 4.04. The van der Waals surface area contributed by atoms with Gasteiger partial charge in [-0.25, -0.2) is 8.78 Å². The third-order valence-corrected chi connectivity index (χ3v) is 1.13. The minimum absolute atomic E-state index is 0.589. The van der Waals surface area contributed by atoms with Gasteiger partial charge in [0.1, 0.15) is 5.92 Å². The van der Waals surface area contributed by atoms with Crippen LogP contribution in [-0.2, 0) is 4.79 Å². The highest BCUT2D eigenvalue weighted by molar-refractivity contribution is 5.70. The van der Waals surface area contributed by atoms with E-state index in [4.69, 9.17) is 5.11 Å². The summed E-state index contributed by atoms with van der Waals surface area (Å²) >= 11 is 0. The molecule has 0 heterocycles. The molecule has 1 atom stereocenters. The van der Waals surface area contributed by atoms with E-state index in [1.54, 1.807) is 0 Å². The monoisotopic (exact) mass is 138 g/mol. The van der Waals surface area contributed by atoms with Gasteiger partial charge in [0.2, 0.25) is 0 Å². The minimum atomic E-state index is -3.12. The summed E-state index contributed by atoms with van der Waals surface area (Å²) < 4.78 is 24.0. The first-order valence-corrected chi connectivity index (χ1v) is 2.46. The second kappa shape index (κ2) is 2.29. The van der Waals surface area contributed by atoms with E-state index in [0.29, 0.717) is 6.92 Å². The van der Waals surface area contributed by atoms with E-state index in [1.807, 2.05) is 0 Å². The van der Waals surface area contributed by atoms with Crippen LogP contribution in [0.3, 0.4) is 0 Å². The molecule has 0 aliphatic carbocycles.